The molecule has 2 unspecified atom stereocenters. The first-order chi connectivity index (χ1) is 6.99. The van der Waals surface area contributed by atoms with Crippen LogP contribution in [0.25, 0.3) is 0 Å². The van der Waals surface area contributed by atoms with Crippen LogP contribution in [0.1, 0.15) is 46.0 Å². The van der Waals surface area contributed by atoms with Crippen molar-refractivity contribution in [2.45, 2.75) is 56.7 Å². The lowest BCUT2D eigenvalue weighted by Gasteiger charge is -2.07. The van der Waals surface area contributed by atoms with Gasteiger partial charge in [0.15, 0.2) is 5.78 Å². The van der Waals surface area contributed by atoms with Crippen LogP contribution in [0.2, 0.25) is 0 Å². The lowest BCUT2D eigenvalue weighted by atomic mass is 10.1. The lowest BCUT2D eigenvalue weighted by molar-refractivity contribution is -0.120. The van der Waals surface area contributed by atoms with Crippen LogP contribution >= 0.6 is 23.2 Å². The topological polar surface area (TPSA) is 34.1 Å². The number of carbonyl (C=O) groups is 2. The molecule has 0 amide bonds. The van der Waals surface area contributed by atoms with Crippen LogP contribution in [-0.4, -0.2) is 22.3 Å². The smallest absolute Gasteiger partial charge is 0.150 e. The van der Waals surface area contributed by atoms with Crippen LogP contribution < -0.4 is 0 Å². The van der Waals surface area contributed by atoms with E-state index in [1.165, 1.54) is 0 Å². The van der Waals surface area contributed by atoms with Gasteiger partial charge in [-0.05, 0) is 26.2 Å². The zero-order chi connectivity index (χ0) is 11.8. The van der Waals surface area contributed by atoms with Crippen molar-refractivity contribution in [3.8, 4) is 0 Å². The van der Waals surface area contributed by atoms with Crippen LogP contribution in [0.15, 0.2) is 0 Å². The summed E-state index contributed by atoms with van der Waals surface area (Å²) in [5.74, 6) is 0.0917. The zero-order valence-electron chi connectivity index (χ0n) is 9.26. The van der Waals surface area contributed by atoms with Crippen molar-refractivity contribution < 1.29 is 9.59 Å². The van der Waals surface area contributed by atoms with Crippen molar-refractivity contribution in [3.63, 3.8) is 0 Å². The SMILES string of the molecule is CCCC(=O)C(Cl)CCCC(=O)C(C)Cl. The number of carbonyl (C=O) groups excluding carboxylic acids is 2. The Labute approximate surface area is 101 Å². The minimum absolute atomic E-state index is 0.0171. The summed E-state index contributed by atoms with van der Waals surface area (Å²) in [5, 5.41) is -0.881. The van der Waals surface area contributed by atoms with Crippen molar-refractivity contribution in [2.24, 2.45) is 0 Å². The lowest BCUT2D eigenvalue weighted by Crippen LogP contribution is -2.15. The fourth-order valence-corrected chi connectivity index (χ4v) is 1.59. The monoisotopic (exact) mass is 252 g/mol. The molecule has 0 saturated heterocycles. The molecule has 0 aliphatic carbocycles. The Bertz CT molecular complexity index is 215. The highest BCUT2D eigenvalue weighted by atomic mass is 35.5. The van der Waals surface area contributed by atoms with Gasteiger partial charge in [0.05, 0.1) is 10.8 Å². The van der Waals surface area contributed by atoms with Gasteiger partial charge in [-0.25, -0.2) is 0 Å². The molecule has 0 fully saturated rings. The van der Waals surface area contributed by atoms with E-state index in [9.17, 15) is 9.59 Å². The Morgan fingerprint density at radius 3 is 2.20 bits per heavy atom. The summed E-state index contributed by atoms with van der Waals surface area (Å²) in [4.78, 5) is 22.5. The third-order valence-electron chi connectivity index (χ3n) is 2.17. The van der Waals surface area contributed by atoms with E-state index >= 15 is 0 Å². The molecule has 4 heteroatoms. The van der Waals surface area contributed by atoms with Gasteiger partial charge in [-0.2, -0.15) is 0 Å². The minimum Gasteiger partial charge on any atom is -0.298 e. The van der Waals surface area contributed by atoms with E-state index in [0.717, 1.165) is 6.42 Å². The van der Waals surface area contributed by atoms with Gasteiger partial charge >= 0.3 is 0 Å². The number of rotatable bonds is 8. The van der Waals surface area contributed by atoms with E-state index in [1.807, 2.05) is 6.92 Å². The van der Waals surface area contributed by atoms with Gasteiger partial charge in [0.2, 0.25) is 0 Å². The average Bonchev–Trinajstić information content (AvgIpc) is 2.17. The van der Waals surface area contributed by atoms with E-state index in [0.29, 0.717) is 25.7 Å². The van der Waals surface area contributed by atoms with Gasteiger partial charge in [-0.1, -0.05) is 6.92 Å². The Kier molecular flexibility index (Phi) is 8.07. The van der Waals surface area contributed by atoms with E-state index in [-0.39, 0.29) is 11.6 Å². The van der Waals surface area contributed by atoms with E-state index < -0.39 is 10.8 Å². The maximum atomic E-state index is 11.3. The van der Waals surface area contributed by atoms with Crippen LogP contribution in [0.5, 0.6) is 0 Å². The molecule has 0 aromatic heterocycles. The Hall–Kier alpha value is -0.0800. The first-order valence-electron chi connectivity index (χ1n) is 5.32. The second kappa shape index (κ2) is 8.12. The molecule has 88 valence electrons. The molecule has 0 saturated carbocycles. The molecule has 0 aromatic rings. The first kappa shape index (κ1) is 14.9. The fourth-order valence-electron chi connectivity index (χ4n) is 1.22. The largest absolute Gasteiger partial charge is 0.298 e. The molecule has 0 heterocycles. The van der Waals surface area contributed by atoms with Gasteiger partial charge in [-0.3, -0.25) is 9.59 Å². The molecule has 0 N–H and O–H groups in total. The third kappa shape index (κ3) is 6.91. The molecule has 0 aromatic carbocycles. The van der Waals surface area contributed by atoms with Crippen molar-refractivity contribution in [3.05, 3.63) is 0 Å². The second-order valence-corrected chi connectivity index (χ2v) is 4.84. The maximum Gasteiger partial charge on any atom is 0.150 e. The van der Waals surface area contributed by atoms with Gasteiger partial charge in [0.25, 0.3) is 0 Å². The Morgan fingerprint density at radius 2 is 1.73 bits per heavy atom. The summed E-state index contributed by atoms with van der Waals surface area (Å²) in [7, 11) is 0. The van der Waals surface area contributed by atoms with Crippen molar-refractivity contribution >= 4 is 34.8 Å². The zero-order valence-corrected chi connectivity index (χ0v) is 10.8. The second-order valence-electron chi connectivity index (χ2n) is 3.66. The highest BCUT2D eigenvalue weighted by Gasteiger charge is 2.15. The fraction of sp³-hybridized carbons (Fsp3) is 0.818. The van der Waals surface area contributed by atoms with Gasteiger partial charge in [-0.15, -0.1) is 23.2 Å². The molecule has 0 radical (unpaired) electrons. The summed E-state index contributed by atoms with van der Waals surface area (Å²) in [6.45, 7) is 3.60. The summed E-state index contributed by atoms with van der Waals surface area (Å²) in [5.41, 5.74) is 0. The normalized spacial score (nSPS) is 14.7. The van der Waals surface area contributed by atoms with Gasteiger partial charge in [0, 0.05) is 12.8 Å². The molecule has 0 aliphatic heterocycles. The van der Waals surface area contributed by atoms with Crippen LogP contribution in [-0.2, 0) is 9.59 Å². The number of alkyl halides is 2. The highest BCUT2D eigenvalue weighted by molar-refractivity contribution is 6.31. The summed E-state index contributed by atoms with van der Waals surface area (Å²) in [6.07, 6.45) is 2.95. The molecule has 2 nitrogen and oxygen atoms in total. The molecule has 0 bridgehead atoms. The molecular weight excluding hydrogens is 235 g/mol. The summed E-state index contributed by atoms with van der Waals surface area (Å²) < 4.78 is 0. The average molecular weight is 253 g/mol. The standard InChI is InChI=1S/C11H18Cl2O2/c1-3-5-11(15)9(13)6-4-7-10(14)8(2)12/h8-9H,3-7H2,1-2H3. The number of ketones is 2. The van der Waals surface area contributed by atoms with Gasteiger partial charge in [0.1, 0.15) is 5.78 Å². The summed E-state index contributed by atoms with van der Waals surface area (Å²) in [6, 6.07) is 0. The maximum absolute atomic E-state index is 11.3. The number of hydrogen-bond donors (Lipinski definition) is 0. The molecule has 0 aliphatic rings. The highest BCUT2D eigenvalue weighted by Crippen LogP contribution is 2.13. The quantitative estimate of drug-likeness (QED) is 0.622. The Balaban J connectivity index is 3.67. The minimum atomic E-state index is -0.441. The predicted octanol–water partition coefficient (Wildman–Crippen LogP) is 3.33. The van der Waals surface area contributed by atoms with Crippen LogP contribution in [0.4, 0.5) is 0 Å². The van der Waals surface area contributed by atoms with Crippen LogP contribution in [0.3, 0.4) is 0 Å². The van der Waals surface area contributed by atoms with Crippen molar-refractivity contribution in [2.75, 3.05) is 0 Å². The molecule has 0 spiro atoms. The number of Topliss-reactive ketones (excluding diaryl/α,β-unsaturated/α-hetero) is 2. The third-order valence-corrected chi connectivity index (χ3v) is 2.88. The van der Waals surface area contributed by atoms with Crippen molar-refractivity contribution in [1.29, 1.82) is 0 Å². The Morgan fingerprint density at radius 1 is 1.13 bits per heavy atom. The van der Waals surface area contributed by atoms with Gasteiger partial charge < -0.3 is 0 Å². The number of hydrogen-bond acceptors (Lipinski definition) is 2. The summed E-state index contributed by atoms with van der Waals surface area (Å²) >= 11 is 11.5. The first-order valence-corrected chi connectivity index (χ1v) is 6.19. The van der Waals surface area contributed by atoms with E-state index in [4.69, 9.17) is 23.2 Å². The predicted molar refractivity (Wildman–Crippen MR) is 63.7 cm³/mol. The molecule has 2 atom stereocenters. The van der Waals surface area contributed by atoms with E-state index in [1.54, 1.807) is 6.92 Å². The number of halogens is 2. The molecule has 15 heavy (non-hydrogen) atoms. The molecule has 0 rings (SSSR count). The van der Waals surface area contributed by atoms with Crippen molar-refractivity contribution in [1.82, 2.24) is 0 Å². The van der Waals surface area contributed by atoms with Crippen LogP contribution in [0, 0.1) is 0 Å². The van der Waals surface area contributed by atoms with E-state index in [2.05, 4.69) is 0 Å². The molecular formula is C11H18Cl2O2.